The zero-order chi connectivity index (χ0) is 14.9. The monoisotopic (exact) mass is 273 g/mol. The number of hydrogen-bond donors (Lipinski definition) is 1. The third kappa shape index (κ3) is 12.6. The molecule has 1 rings (SSSR count). The summed E-state index contributed by atoms with van der Waals surface area (Å²) >= 11 is 0. The lowest BCUT2D eigenvalue weighted by atomic mass is 10.3. The Labute approximate surface area is 122 Å². The van der Waals surface area contributed by atoms with E-state index >= 15 is 0 Å². The molecule has 1 fully saturated rings. The molecule has 0 bridgehead atoms. The lowest BCUT2D eigenvalue weighted by Gasteiger charge is -2.21. The van der Waals surface area contributed by atoms with Gasteiger partial charge < -0.3 is 15.1 Å². The summed E-state index contributed by atoms with van der Waals surface area (Å²) in [6.07, 6.45) is 4.02. The Morgan fingerprint density at radius 2 is 1.37 bits per heavy atom. The molecule has 1 N–H and O–H groups in total. The van der Waals surface area contributed by atoms with Crippen LogP contribution in [0.3, 0.4) is 0 Å². The van der Waals surface area contributed by atoms with Crippen molar-refractivity contribution in [2.45, 2.75) is 53.9 Å². The maximum atomic E-state index is 3.23. The normalized spacial score (nSPS) is 16.7. The summed E-state index contributed by atoms with van der Waals surface area (Å²) in [6, 6.07) is 0. The van der Waals surface area contributed by atoms with E-state index < -0.39 is 0 Å². The quantitative estimate of drug-likeness (QED) is 0.802. The second-order valence-electron chi connectivity index (χ2n) is 4.49. The highest BCUT2D eigenvalue weighted by Crippen LogP contribution is 2.04. The van der Waals surface area contributed by atoms with Crippen molar-refractivity contribution in [3.63, 3.8) is 0 Å². The molecule has 0 aromatic carbocycles. The molecule has 1 heterocycles. The van der Waals surface area contributed by atoms with Gasteiger partial charge in [-0.25, -0.2) is 0 Å². The molecule has 3 heteroatoms. The van der Waals surface area contributed by atoms with E-state index in [9.17, 15) is 0 Å². The van der Waals surface area contributed by atoms with E-state index in [2.05, 4.69) is 22.0 Å². The SMILES string of the molecule is CC.CC.CCCCN1CCCN(CCNC)CC1. The highest BCUT2D eigenvalue weighted by atomic mass is 15.2. The molecule has 0 unspecified atom stereocenters. The Bertz CT molecular complexity index is 135. The first-order valence-corrected chi connectivity index (χ1v) is 8.46. The zero-order valence-corrected chi connectivity index (χ0v) is 14.5. The van der Waals surface area contributed by atoms with Crippen LogP contribution in [-0.2, 0) is 0 Å². The number of nitrogens with zero attached hydrogens (tertiary/aromatic N) is 2. The van der Waals surface area contributed by atoms with Crippen molar-refractivity contribution in [3.8, 4) is 0 Å². The first kappa shape index (κ1) is 21.2. The van der Waals surface area contributed by atoms with Crippen LogP contribution in [0, 0.1) is 0 Å². The largest absolute Gasteiger partial charge is 0.318 e. The van der Waals surface area contributed by atoms with Gasteiger partial charge in [-0.15, -0.1) is 0 Å². The van der Waals surface area contributed by atoms with Crippen LogP contribution in [0.15, 0.2) is 0 Å². The van der Waals surface area contributed by atoms with Crippen LogP contribution in [0.25, 0.3) is 0 Å². The van der Waals surface area contributed by atoms with Crippen molar-refractivity contribution in [2.24, 2.45) is 0 Å². The second-order valence-corrected chi connectivity index (χ2v) is 4.49. The van der Waals surface area contributed by atoms with E-state index in [1.165, 1.54) is 58.5 Å². The number of unbranched alkanes of at least 4 members (excludes halogenated alkanes) is 1. The molecular formula is C16H39N3. The smallest absolute Gasteiger partial charge is 0.0110 e. The molecule has 0 amide bonds. The molecule has 1 saturated heterocycles. The topological polar surface area (TPSA) is 18.5 Å². The average molecular weight is 274 g/mol. The lowest BCUT2D eigenvalue weighted by Crippen LogP contribution is -2.34. The van der Waals surface area contributed by atoms with E-state index in [1.807, 2.05) is 34.7 Å². The Hall–Kier alpha value is -0.120. The standard InChI is InChI=1S/C12H27N3.2C2H6/c1-3-4-7-14-8-5-9-15(12-11-14)10-6-13-2;2*1-2/h13H,3-12H2,1-2H3;2*1-2H3. The first-order valence-electron chi connectivity index (χ1n) is 8.46. The molecule has 1 aliphatic heterocycles. The number of hydrogen-bond acceptors (Lipinski definition) is 3. The van der Waals surface area contributed by atoms with E-state index in [-0.39, 0.29) is 0 Å². The van der Waals surface area contributed by atoms with Crippen LogP contribution in [0.2, 0.25) is 0 Å². The van der Waals surface area contributed by atoms with E-state index in [0.717, 1.165) is 6.54 Å². The summed E-state index contributed by atoms with van der Waals surface area (Å²) in [4.78, 5) is 5.21. The van der Waals surface area contributed by atoms with Gasteiger partial charge in [0.15, 0.2) is 0 Å². The molecular weight excluding hydrogens is 234 g/mol. The summed E-state index contributed by atoms with van der Waals surface area (Å²) < 4.78 is 0. The van der Waals surface area contributed by atoms with E-state index in [1.54, 1.807) is 0 Å². The summed E-state index contributed by atoms with van der Waals surface area (Å²) in [6.45, 7) is 19.0. The molecule has 3 nitrogen and oxygen atoms in total. The molecule has 0 aromatic rings. The summed E-state index contributed by atoms with van der Waals surface area (Å²) in [5.41, 5.74) is 0. The van der Waals surface area contributed by atoms with Gasteiger partial charge in [0.05, 0.1) is 0 Å². The van der Waals surface area contributed by atoms with Gasteiger partial charge in [-0.1, -0.05) is 41.0 Å². The van der Waals surface area contributed by atoms with Crippen LogP contribution in [0.4, 0.5) is 0 Å². The minimum Gasteiger partial charge on any atom is -0.318 e. The minimum atomic E-state index is 1.12. The molecule has 118 valence electrons. The fraction of sp³-hybridized carbons (Fsp3) is 1.00. The predicted molar refractivity (Wildman–Crippen MR) is 89.0 cm³/mol. The molecule has 0 aromatic heterocycles. The number of likely N-dealkylation sites (N-methyl/N-ethyl adjacent to an activating group) is 1. The second kappa shape index (κ2) is 17.9. The van der Waals surface area contributed by atoms with Gasteiger partial charge in [-0.2, -0.15) is 0 Å². The van der Waals surface area contributed by atoms with Gasteiger partial charge >= 0.3 is 0 Å². The summed E-state index contributed by atoms with van der Waals surface area (Å²) in [7, 11) is 2.03. The van der Waals surface area contributed by atoms with Gasteiger partial charge in [0.2, 0.25) is 0 Å². The first-order chi connectivity index (χ1) is 9.36. The molecule has 0 saturated carbocycles. The zero-order valence-electron chi connectivity index (χ0n) is 14.5. The van der Waals surface area contributed by atoms with E-state index in [4.69, 9.17) is 0 Å². The predicted octanol–water partition coefficient (Wildman–Crippen LogP) is 3.07. The fourth-order valence-corrected chi connectivity index (χ4v) is 2.12. The molecule has 0 radical (unpaired) electrons. The Morgan fingerprint density at radius 1 is 0.842 bits per heavy atom. The van der Waals surface area contributed by atoms with Gasteiger partial charge in [-0.05, 0) is 39.5 Å². The number of rotatable bonds is 6. The maximum absolute atomic E-state index is 3.23. The highest BCUT2D eigenvalue weighted by Gasteiger charge is 2.13. The molecule has 0 atom stereocenters. The van der Waals surface area contributed by atoms with Crippen molar-refractivity contribution in [1.29, 1.82) is 0 Å². The van der Waals surface area contributed by atoms with Crippen molar-refractivity contribution in [3.05, 3.63) is 0 Å². The van der Waals surface area contributed by atoms with E-state index in [0.29, 0.717) is 0 Å². The van der Waals surface area contributed by atoms with Gasteiger partial charge in [-0.3, -0.25) is 0 Å². The van der Waals surface area contributed by atoms with Gasteiger partial charge in [0.1, 0.15) is 0 Å². The summed E-state index contributed by atoms with van der Waals surface area (Å²) in [5, 5.41) is 3.23. The van der Waals surface area contributed by atoms with Crippen LogP contribution < -0.4 is 5.32 Å². The third-order valence-electron chi connectivity index (χ3n) is 3.19. The van der Waals surface area contributed by atoms with Crippen molar-refractivity contribution in [1.82, 2.24) is 15.1 Å². The lowest BCUT2D eigenvalue weighted by molar-refractivity contribution is 0.255. The van der Waals surface area contributed by atoms with Crippen LogP contribution in [-0.4, -0.2) is 62.7 Å². The maximum Gasteiger partial charge on any atom is 0.0110 e. The van der Waals surface area contributed by atoms with Crippen molar-refractivity contribution in [2.75, 3.05) is 52.9 Å². The fourth-order valence-electron chi connectivity index (χ4n) is 2.12. The molecule has 0 spiro atoms. The summed E-state index contributed by atoms with van der Waals surface area (Å²) in [5.74, 6) is 0. The van der Waals surface area contributed by atoms with Crippen molar-refractivity contribution >= 4 is 0 Å². The molecule has 1 aliphatic rings. The Morgan fingerprint density at radius 3 is 1.84 bits per heavy atom. The Kier molecular flexibility index (Phi) is 19.9. The van der Waals surface area contributed by atoms with Crippen LogP contribution in [0.1, 0.15) is 53.9 Å². The van der Waals surface area contributed by atoms with Gasteiger partial charge in [0, 0.05) is 26.2 Å². The minimum absolute atomic E-state index is 1.12. The highest BCUT2D eigenvalue weighted by molar-refractivity contribution is 4.69. The molecule has 0 aliphatic carbocycles. The molecule has 19 heavy (non-hydrogen) atoms. The van der Waals surface area contributed by atoms with Crippen LogP contribution >= 0.6 is 0 Å². The number of nitrogens with one attached hydrogen (secondary N) is 1. The van der Waals surface area contributed by atoms with Crippen LogP contribution in [0.5, 0.6) is 0 Å². The average Bonchev–Trinajstić information content (AvgIpc) is 2.72. The third-order valence-corrected chi connectivity index (χ3v) is 3.19. The Balaban J connectivity index is 0. The van der Waals surface area contributed by atoms with Gasteiger partial charge in [0.25, 0.3) is 0 Å². The van der Waals surface area contributed by atoms with Crippen molar-refractivity contribution < 1.29 is 0 Å².